The molecule has 0 spiro atoms. The predicted molar refractivity (Wildman–Crippen MR) is 102 cm³/mol. The maximum atomic E-state index is 11.9. The molecule has 1 amide bonds. The van der Waals surface area contributed by atoms with Crippen LogP contribution in [0.1, 0.15) is 16.7 Å². The van der Waals surface area contributed by atoms with Gasteiger partial charge in [0.05, 0.1) is 0 Å². The highest BCUT2D eigenvalue weighted by atomic mass is 16.5. The van der Waals surface area contributed by atoms with E-state index in [0.29, 0.717) is 13.2 Å². The number of aromatic nitrogens is 1. The normalized spacial score (nSPS) is 10.6. The van der Waals surface area contributed by atoms with E-state index in [1.165, 1.54) is 6.08 Å². The lowest BCUT2D eigenvalue weighted by Gasteiger charge is -2.06. The standard InChI is InChI=1S/C22H20N2O2/c25-22(24-16-20-7-4-14-23-15-20)13-10-18-8-11-21(12-9-18)26-17-19-5-2-1-3-6-19/h1-15H,16-17H2,(H,24,25)/b13-10+. The van der Waals surface area contributed by atoms with Crippen molar-refractivity contribution in [1.82, 2.24) is 10.3 Å². The van der Waals surface area contributed by atoms with Gasteiger partial charge in [0.2, 0.25) is 5.91 Å². The van der Waals surface area contributed by atoms with Gasteiger partial charge in [-0.15, -0.1) is 0 Å². The fourth-order valence-electron chi connectivity index (χ4n) is 2.34. The summed E-state index contributed by atoms with van der Waals surface area (Å²) < 4.78 is 5.75. The van der Waals surface area contributed by atoms with Gasteiger partial charge >= 0.3 is 0 Å². The number of ether oxygens (including phenoxy) is 1. The molecule has 0 saturated carbocycles. The van der Waals surface area contributed by atoms with Crippen LogP contribution in [0.25, 0.3) is 6.08 Å². The molecule has 26 heavy (non-hydrogen) atoms. The lowest BCUT2D eigenvalue weighted by molar-refractivity contribution is -0.116. The Morgan fingerprint density at radius 3 is 2.46 bits per heavy atom. The van der Waals surface area contributed by atoms with Crippen molar-refractivity contribution in [2.75, 3.05) is 0 Å². The van der Waals surface area contributed by atoms with Crippen molar-refractivity contribution in [1.29, 1.82) is 0 Å². The molecule has 0 aliphatic heterocycles. The van der Waals surface area contributed by atoms with Gasteiger partial charge in [0, 0.05) is 25.0 Å². The molecule has 1 heterocycles. The van der Waals surface area contributed by atoms with Gasteiger partial charge in [-0.25, -0.2) is 0 Å². The van der Waals surface area contributed by atoms with Gasteiger partial charge in [0.25, 0.3) is 0 Å². The predicted octanol–water partition coefficient (Wildman–Crippen LogP) is 3.99. The molecule has 0 saturated heterocycles. The second kappa shape index (κ2) is 9.18. The SMILES string of the molecule is O=C(/C=C/c1ccc(OCc2ccccc2)cc1)NCc1cccnc1. The molecule has 0 aliphatic rings. The number of hydrogen-bond acceptors (Lipinski definition) is 3. The molecule has 3 aromatic rings. The van der Waals surface area contributed by atoms with Crippen LogP contribution in [0, 0.1) is 0 Å². The maximum absolute atomic E-state index is 11.9. The molecule has 0 bridgehead atoms. The van der Waals surface area contributed by atoms with E-state index in [9.17, 15) is 4.79 Å². The summed E-state index contributed by atoms with van der Waals surface area (Å²) in [6, 6.07) is 21.4. The average molecular weight is 344 g/mol. The monoisotopic (exact) mass is 344 g/mol. The molecule has 0 aliphatic carbocycles. The quantitative estimate of drug-likeness (QED) is 0.659. The molecule has 1 N–H and O–H groups in total. The Labute approximate surface area is 153 Å². The highest BCUT2D eigenvalue weighted by Crippen LogP contribution is 2.15. The van der Waals surface area contributed by atoms with Crippen LogP contribution in [0.2, 0.25) is 0 Å². The fourth-order valence-corrected chi connectivity index (χ4v) is 2.34. The van der Waals surface area contributed by atoms with E-state index in [2.05, 4.69) is 10.3 Å². The Hall–Kier alpha value is -3.40. The first-order valence-electron chi connectivity index (χ1n) is 8.41. The number of benzene rings is 2. The Bertz CT molecular complexity index is 844. The Kier molecular flexibility index (Phi) is 6.15. The highest BCUT2D eigenvalue weighted by Gasteiger charge is 1.98. The number of pyridine rings is 1. The number of hydrogen-bond donors (Lipinski definition) is 1. The van der Waals surface area contributed by atoms with Gasteiger partial charge in [-0.2, -0.15) is 0 Å². The summed E-state index contributed by atoms with van der Waals surface area (Å²) in [7, 11) is 0. The van der Waals surface area contributed by atoms with Crippen molar-refractivity contribution in [2.24, 2.45) is 0 Å². The van der Waals surface area contributed by atoms with Crippen LogP contribution < -0.4 is 10.1 Å². The fraction of sp³-hybridized carbons (Fsp3) is 0.0909. The van der Waals surface area contributed by atoms with Gasteiger partial charge in [-0.1, -0.05) is 48.5 Å². The molecule has 4 heteroatoms. The van der Waals surface area contributed by atoms with E-state index in [-0.39, 0.29) is 5.91 Å². The number of carbonyl (C=O) groups is 1. The van der Waals surface area contributed by atoms with Gasteiger partial charge in [0.15, 0.2) is 0 Å². The van der Waals surface area contributed by atoms with Gasteiger partial charge in [0.1, 0.15) is 12.4 Å². The molecule has 0 radical (unpaired) electrons. The van der Waals surface area contributed by atoms with Crippen LogP contribution in [0.4, 0.5) is 0 Å². The zero-order valence-electron chi connectivity index (χ0n) is 14.3. The number of carbonyl (C=O) groups excluding carboxylic acids is 1. The molecular weight excluding hydrogens is 324 g/mol. The smallest absolute Gasteiger partial charge is 0.244 e. The molecule has 130 valence electrons. The largest absolute Gasteiger partial charge is 0.489 e. The first kappa shape index (κ1) is 17.4. The van der Waals surface area contributed by atoms with Crippen molar-refractivity contribution in [3.63, 3.8) is 0 Å². The Morgan fingerprint density at radius 1 is 0.962 bits per heavy atom. The first-order valence-corrected chi connectivity index (χ1v) is 8.41. The third-order valence-corrected chi connectivity index (χ3v) is 3.75. The summed E-state index contributed by atoms with van der Waals surface area (Å²) in [5.41, 5.74) is 3.03. The van der Waals surface area contributed by atoms with Gasteiger partial charge < -0.3 is 10.1 Å². The Morgan fingerprint density at radius 2 is 1.73 bits per heavy atom. The van der Waals surface area contributed by atoms with Crippen molar-refractivity contribution >= 4 is 12.0 Å². The van der Waals surface area contributed by atoms with Crippen LogP contribution in [0.5, 0.6) is 5.75 Å². The minimum absolute atomic E-state index is 0.141. The summed E-state index contributed by atoms with van der Waals surface area (Å²) in [4.78, 5) is 15.9. The van der Waals surface area contributed by atoms with Crippen molar-refractivity contribution in [2.45, 2.75) is 13.2 Å². The molecule has 2 aromatic carbocycles. The molecule has 0 fully saturated rings. The number of nitrogens with zero attached hydrogens (tertiary/aromatic N) is 1. The lowest BCUT2D eigenvalue weighted by Crippen LogP contribution is -2.20. The molecule has 3 rings (SSSR count). The molecular formula is C22H20N2O2. The van der Waals surface area contributed by atoms with Crippen molar-refractivity contribution in [3.8, 4) is 5.75 Å². The third kappa shape index (κ3) is 5.60. The molecule has 4 nitrogen and oxygen atoms in total. The van der Waals surface area contributed by atoms with Crippen LogP contribution in [-0.4, -0.2) is 10.9 Å². The number of rotatable bonds is 7. The maximum Gasteiger partial charge on any atom is 0.244 e. The molecule has 0 atom stereocenters. The van der Waals surface area contributed by atoms with Crippen LogP contribution in [-0.2, 0) is 17.9 Å². The molecule has 1 aromatic heterocycles. The zero-order valence-corrected chi connectivity index (χ0v) is 14.3. The summed E-state index contributed by atoms with van der Waals surface area (Å²) in [6.07, 6.45) is 6.74. The van der Waals surface area contributed by atoms with E-state index >= 15 is 0 Å². The van der Waals surface area contributed by atoms with Crippen LogP contribution in [0.3, 0.4) is 0 Å². The van der Waals surface area contributed by atoms with Crippen LogP contribution >= 0.6 is 0 Å². The third-order valence-electron chi connectivity index (χ3n) is 3.75. The summed E-state index contributed by atoms with van der Waals surface area (Å²) in [5, 5.41) is 2.83. The van der Waals surface area contributed by atoms with Crippen LogP contribution in [0.15, 0.2) is 85.2 Å². The van der Waals surface area contributed by atoms with E-state index < -0.39 is 0 Å². The van der Waals surface area contributed by atoms with Crippen molar-refractivity contribution < 1.29 is 9.53 Å². The first-order chi connectivity index (χ1) is 12.8. The van der Waals surface area contributed by atoms with E-state index in [4.69, 9.17) is 4.74 Å². The zero-order chi connectivity index (χ0) is 18.0. The van der Waals surface area contributed by atoms with Gasteiger partial charge in [-0.3, -0.25) is 9.78 Å². The highest BCUT2D eigenvalue weighted by molar-refractivity contribution is 5.91. The number of amides is 1. The second-order valence-electron chi connectivity index (χ2n) is 5.76. The summed E-state index contributed by atoms with van der Waals surface area (Å²) in [5.74, 6) is 0.658. The second-order valence-corrected chi connectivity index (χ2v) is 5.76. The summed E-state index contributed by atoms with van der Waals surface area (Å²) in [6.45, 7) is 0.996. The van der Waals surface area contributed by atoms with E-state index in [1.807, 2.05) is 66.7 Å². The topological polar surface area (TPSA) is 51.2 Å². The average Bonchev–Trinajstić information content (AvgIpc) is 2.71. The Balaban J connectivity index is 1.47. The number of nitrogens with one attached hydrogen (secondary N) is 1. The van der Waals surface area contributed by atoms with Gasteiger partial charge in [-0.05, 0) is 41.0 Å². The molecule has 0 unspecified atom stereocenters. The van der Waals surface area contributed by atoms with Crippen molar-refractivity contribution in [3.05, 3.63) is 102 Å². The minimum atomic E-state index is -0.141. The van der Waals surface area contributed by atoms with E-state index in [1.54, 1.807) is 18.5 Å². The van der Waals surface area contributed by atoms with E-state index in [0.717, 1.165) is 22.4 Å². The minimum Gasteiger partial charge on any atom is -0.489 e. The lowest BCUT2D eigenvalue weighted by atomic mass is 10.2. The summed E-state index contributed by atoms with van der Waals surface area (Å²) >= 11 is 0.